The van der Waals surface area contributed by atoms with Crippen molar-refractivity contribution in [1.29, 1.82) is 0 Å². The molecular formula is C12H24N4O2S. The van der Waals surface area contributed by atoms with Crippen molar-refractivity contribution in [3.8, 4) is 0 Å². The van der Waals surface area contributed by atoms with Crippen molar-refractivity contribution in [1.82, 2.24) is 10.3 Å². The van der Waals surface area contributed by atoms with Crippen molar-refractivity contribution in [3.63, 3.8) is 0 Å². The first-order valence-corrected chi connectivity index (χ1v) is 8.81. The fourth-order valence-electron chi connectivity index (χ4n) is 2.87. The number of guanidine groups is 1. The standard InChI is InChI=1S/C12H24N4O2S/c1-16(11-7-8-19(17,18)9-11)12(15-13)14-10-5-3-2-4-6-10/h10-11H,2-9,13H2,1H3,(H,14,15). The molecule has 1 unspecified atom stereocenters. The number of nitrogens with zero attached hydrogens (tertiary/aromatic N) is 2. The van der Waals surface area contributed by atoms with Gasteiger partial charge in [-0.1, -0.05) is 19.3 Å². The van der Waals surface area contributed by atoms with Gasteiger partial charge in [-0.25, -0.2) is 19.3 Å². The Morgan fingerprint density at radius 3 is 2.47 bits per heavy atom. The highest BCUT2D eigenvalue weighted by Crippen LogP contribution is 2.21. The zero-order valence-electron chi connectivity index (χ0n) is 11.5. The average Bonchev–Trinajstić information content (AvgIpc) is 2.77. The van der Waals surface area contributed by atoms with Crippen molar-refractivity contribution in [2.24, 2.45) is 10.8 Å². The number of nitrogens with two attached hydrogens (primary N) is 1. The van der Waals surface area contributed by atoms with Crippen LogP contribution < -0.4 is 11.3 Å². The molecule has 110 valence electrons. The molecule has 0 radical (unpaired) electrons. The van der Waals surface area contributed by atoms with E-state index < -0.39 is 9.84 Å². The molecule has 0 aromatic rings. The summed E-state index contributed by atoms with van der Waals surface area (Å²) in [5.41, 5.74) is 2.63. The van der Waals surface area contributed by atoms with E-state index >= 15 is 0 Å². The molecule has 0 aromatic carbocycles. The number of nitrogens with one attached hydrogen (secondary N) is 1. The Morgan fingerprint density at radius 2 is 1.95 bits per heavy atom. The van der Waals surface area contributed by atoms with E-state index in [9.17, 15) is 8.42 Å². The monoisotopic (exact) mass is 288 g/mol. The maximum Gasteiger partial charge on any atom is 0.208 e. The van der Waals surface area contributed by atoms with Gasteiger partial charge in [-0.3, -0.25) is 5.43 Å². The third-order valence-corrected chi connectivity index (χ3v) is 5.85. The highest BCUT2D eigenvalue weighted by Gasteiger charge is 2.32. The molecule has 7 heteroatoms. The Bertz CT molecular complexity index is 429. The van der Waals surface area contributed by atoms with Crippen molar-refractivity contribution in [3.05, 3.63) is 0 Å². The number of hydrogen-bond donors (Lipinski definition) is 2. The second-order valence-corrected chi connectivity index (χ2v) is 7.79. The molecule has 1 aliphatic heterocycles. The first-order chi connectivity index (χ1) is 9.02. The molecule has 6 nitrogen and oxygen atoms in total. The molecule has 3 N–H and O–H groups in total. The Hall–Kier alpha value is -0.820. The first kappa shape index (κ1) is 14.6. The summed E-state index contributed by atoms with van der Waals surface area (Å²) in [6, 6.07) is 0.309. The normalized spacial score (nSPS) is 28.3. The van der Waals surface area contributed by atoms with Gasteiger partial charge in [-0.05, 0) is 19.3 Å². The van der Waals surface area contributed by atoms with Gasteiger partial charge in [0.1, 0.15) is 0 Å². The molecule has 1 heterocycles. The minimum Gasteiger partial charge on any atom is -0.341 e. The number of hydrazine groups is 1. The summed E-state index contributed by atoms with van der Waals surface area (Å²) < 4.78 is 23.1. The maximum atomic E-state index is 11.5. The average molecular weight is 288 g/mol. The lowest BCUT2D eigenvalue weighted by Gasteiger charge is -2.28. The molecule has 0 amide bonds. The number of rotatable bonds is 2. The van der Waals surface area contributed by atoms with Crippen LogP contribution in [0.1, 0.15) is 38.5 Å². The zero-order valence-corrected chi connectivity index (χ0v) is 12.3. The van der Waals surface area contributed by atoms with Crippen LogP contribution in [0.5, 0.6) is 0 Å². The van der Waals surface area contributed by atoms with Crippen LogP contribution in [-0.4, -0.2) is 49.9 Å². The molecule has 0 spiro atoms. The summed E-state index contributed by atoms with van der Waals surface area (Å²) in [6.45, 7) is 0. The van der Waals surface area contributed by atoms with E-state index in [-0.39, 0.29) is 17.5 Å². The lowest BCUT2D eigenvalue weighted by atomic mass is 9.96. The molecule has 1 saturated carbocycles. The van der Waals surface area contributed by atoms with Gasteiger partial charge in [0, 0.05) is 13.1 Å². The summed E-state index contributed by atoms with van der Waals surface area (Å²) >= 11 is 0. The van der Waals surface area contributed by atoms with Gasteiger partial charge >= 0.3 is 0 Å². The van der Waals surface area contributed by atoms with Crippen LogP contribution in [0.25, 0.3) is 0 Å². The van der Waals surface area contributed by atoms with E-state index in [1.54, 1.807) is 0 Å². The van der Waals surface area contributed by atoms with Gasteiger partial charge in [0.2, 0.25) is 5.96 Å². The van der Waals surface area contributed by atoms with Crippen LogP contribution in [0.15, 0.2) is 4.99 Å². The van der Waals surface area contributed by atoms with Crippen LogP contribution in [0.4, 0.5) is 0 Å². The summed E-state index contributed by atoms with van der Waals surface area (Å²) in [7, 11) is -1.01. The van der Waals surface area contributed by atoms with E-state index in [2.05, 4.69) is 10.4 Å². The molecular weight excluding hydrogens is 264 g/mol. The van der Waals surface area contributed by atoms with Gasteiger partial charge in [0.25, 0.3) is 0 Å². The number of sulfone groups is 1. The van der Waals surface area contributed by atoms with Crippen LogP contribution in [0, 0.1) is 0 Å². The molecule has 2 fully saturated rings. The van der Waals surface area contributed by atoms with Crippen molar-refractivity contribution < 1.29 is 8.42 Å². The van der Waals surface area contributed by atoms with Crippen LogP contribution >= 0.6 is 0 Å². The van der Waals surface area contributed by atoms with E-state index in [1.165, 1.54) is 19.3 Å². The lowest BCUT2D eigenvalue weighted by molar-refractivity contribution is 0.372. The third kappa shape index (κ3) is 3.82. The molecule has 0 aromatic heterocycles. The minimum absolute atomic E-state index is 0.0107. The SMILES string of the molecule is CN(C(=NC1CCCCC1)NN)C1CCS(=O)(=O)C1. The molecule has 19 heavy (non-hydrogen) atoms. The van der Waals surface area contributed by atoms with Gasteiger partial charge in [-0.2, -0.15) is 0 Å². The third-order valence-electron chi connectivity index (χ3n) is 4.10. The number of hydrogen-bond acceptors (Lipinski definition) is 4. The largest absolute Gasteiger partial charge is 0.341 e. The molecule has 2 aliphatic rings. The van der Waals surface area contributed by atoms with Crippen LogP contribution in [-0.2, 0) is 9.84 Å². The second-order valence-electron chi connectivity index (χ2n) is 5.56. The lowest BCUT2D eigenvalue weighted by Crippen LogP contribution is -2.48. The van der Waals surface area contributed by atoms with Gasteiger partial charge in [0.15, 0.2) is 9.84 Å². The van der Waals surface area contributed by atoms with Crippen LogP contribution in [0.2, 0.25) is 0 Å². The minimum atomic E-state index is -2.88. The predicted octanol–water partition coefficient (Wildman–Crippen LogP) is 0.257. The van der Waals surface area contributed by atoms with E-state index in [1.807, 2.05) is 11.9 Å². The summed E-state index contributed by atoms with van der Waals surface area (Å²) in [5.74, 6) is 6.64. The van der Waals surface area contributed by atoms with Gasteiger partial charge in [-0.15, -0.1) is 0 Å². The van der Waals surface area contributed by atoms with Crippen molar-refractivity contribution in [2.45, 2.75) is 50.6 Å². The van der Waals surface area contributed by atoms with E-state index in [0.29, 0.717) is 18.4 Å². The molecule has 1 saturated heterocycles. The Labute approximate surface area is 115 Å². The first-order valence-electron chi connectivity index (χ1n) is 6.99. The van der Waals surface area contributed by atoms with Gasteiger partial charge < -0.3 is 4.90 Å². The predicted molar refractivity (Wildman–Crippen MR) is 76.5 cm³/mol. The maximum absolute atomic E-state index is 11.5. The summed E-state index contributed by atoms with van der Waals surface area (Å²) in [4.78, 5) is 6.55. The Balaban J connectivity index is 2.02. The van der Waals surface area contributed by atoms with Gasteiger partial charge in [0.05, 0.1) is 17.5 Å². The van der Waals surface area contributed by atoms with Crippen molar-refractivity contribution in [2.75, 3.05) is 18.6 Å². The van der Waals surface area contributed by atoms with Crippen molar-refractivity contribution >= 4 is 15.8 Å². The quantitative estimate of drug-likeness (QED) is 0.329. The fraction of sp³-hybridized carbons (Fsp3) is 0.917. The fourth-order valence-corrected chi connectivity index (χ4v) is 4.64. The topological polar surface area (TPSA) is 87.8 Å². The molecule has 2 rings (SSSR count). The Kier molecular flexibility index (Phi) is 4.67. The van der Waals surface area contributed by atoms with E-state index in [0.717, 1.165) is 12.8 Å². The summed E-state index contributed by atoms with van der Waals surface area (Å²) in [6.07, 6.45) is 6.57. The molecule has 1 atom stereocenters. The smallest absolute Gasteiger partial charge is 0.208 e. The number of aliphatic imine (C=N–C) groups is 1. The van der Waals surface area contributed by atoms with Crippen LogP contribution in [0.3, 0.4) is 0 Å². The second kappa shape index (κ2) is 6.09. The summed E-state index contributed by atoms with van der Waals surface area (Å²) in [5, 5.41) is 0. The molecule has 1 aliphatic carbocycles. The highest BCUT2D eigenvalue weighted by molar-refractivity contribution is 7.91. The molecule has 0 bridgehead atoms. The van der Waals surface area contributed by atoms with E-state index in [4.69, 9.17) is 5.84 Å². The zero-order chi connectivity index (χ0) is 13.9. The Morgan fingerprint density at radius 1 is 1.26 bits per heavy atom. The highest BCUT2D eigenvalue weighted by atomic mass is 32.2.